The quantitative estimate of drug-likeness (QED) is 0.697. The van der Waals surface area contributed by atoms with Crippen molar-refractivity contribution in [1.29, 1.82) is 0 Å². The summed E-state index contributed by atoms with van der Waals surface area (Å²) in [6.45, 7) is 6.02. The first-order chi connectivity index (χ1) is 15.6. The summed E-state index contributed by atoms with van der Waals surface area (Å²) in [7, 11) is 0. The number of amides is 2. The summed E-state index contributed by atoms with van der Waals surface area (Å²) in [5, 5.41) is 1.95. The van der Waals surface area contributed by atoms with Crippen LogP contribution in [0.3, 0.4) is 0 Å². The van der Waals surface area contributed by atoms with Crippen LogP contribution >= 0.6 is 11.3 Å². The van der Waals surface area contributed by atoms with Crippen LogP contribution in [-0.4, -0.2) is 72.3 Å². The van der Waals surface area contributed by atoms with E-state index in [4.69, 9.17) is 0 Å². The van der Waals surface area contributed by atoms with E-state index in [1.165, 1.54) is 16.9 Å². The Morgan fingerprint density at radius 2 is 1.69 bits per heavy atom. The van der Waals surface area contributed by atoms with Crippen molar-refractivity contribution in [2.75, 3.05) is 45.8 Å². The first kappa shape index (κ1) is 21.4. The molecule has 2 amide bonds. The van der Waals surface area contributed by atoms with Crippen molar-refractivity contribution in [1.82, 2.24) is 14.7 Å². The van der Waals surface area contributed by atoms with Crippen molar-refractivity contribution in [2.45, 2.75) is 19.3 Å². The van der Waals surface area contributed by atoms with Gasteiger partial charge in [0.15, 0.2) is 0 Å². The largest absolute Gasteiger partial charge is 0.340 e. The van der Waals surface area contributed by atoms with E-state index in [9.17, 15) is 9.59 Å². The molecule has 1 saturated carbocycles. The molecular formula is C26H31N3O2S. The van der Waals surface area contributed by atoms with Crippen molar-refractivity contribution >= 4 is 29.2 Å². The fourth-order valence-electron chi connectivity index (χ4n) is 5.23. The Morgan fingerprint density at radius 3 is 2.38 bits per heavy atom. The summed E-state index contributed by atoms with van der Waals surface area (Å²) in [5.74, 6) is 0.671. The van der Waals surface area contributed by atoms with E-state index in [0.29, 0.717) is 5.91 Å². The number of nitrogens with zero attached hydrogens (tertiary/aromatic N) is 3. The maximum absolute atomic E-state index is 13.2. The summed E-state index contributed by atoms with van der Waals surface area (Å²) in [4.78, 5) is 33.0. The number of benzene rings is 1. The molecule has 3 fully saturated rings. The Morgan fingerprint density at radius 1 is 0.938 bits per heavy atom. The minimum absolute atomic E-state index is 0.149. The Bertz CT molecular complexity index is 956. The molecule has 5 nitrogen and oxygen atoms in total. The zero-order valence-corrected chi connectivity index (χ0v) is 19.3. The minimum atomic E-state index is 0.149. The molecule has 3 aliphatic rings. The molecule has 168 valence electrons. The lowest BCUT2D eigenvalue weighted by molar-refractivity contribution is -0.135. The Kier molecular flexibility index (Phi) is 6.15. The molecular weight excluding hydrogens is 418 g/mol. The predicted octanol–water partition coefficient (Wildman–Crippen LogP) is 3.85. The van der Waals surface area contributed by atoms with Gasteiger partial charge in [0.1, 0.15) is 0 Å². The molecule has 1 spiro atoms. The molecule has 1 aromatic heterocycles. The second-order valence-corrected chi connectivity index (χ2v) is 10.3. The maximum Gasteiger partial charge on any atom is 0.263 e. The normalized spacial score (nSPS) is 23.1. The number of hydrogen-bond donors (Lipinski definition) is 0. The summed E-state index contributed by atoms with van der Waals surface area (Å²) in [6, 6.07) is 14.2. The van der Waals surface area contributed by atoms with Crippen molar-refractivity contribution in [3.05, 3.63) is 64.4 Å². The Labute approximate surface area is 194 Å². The Balaban J connectivity index is 1.06. The van der Waals surface area contributed by atoms with E-state index in [-0.39, 0.29) is 17.2 Å². The molecule has 0 N–H and O–H groups in total. The topological polar surface area (TPSA) is 43.9 Å². The smallest absolute Gasteiger partial charge is 0.263 e. The second kappa shape index (κ2) is 9.20. The molecule has 2 aromatic rings. The van der Waals surface area contributed by atoms with Gasteiger partial charge in [-0.1, -0.05) is 48.6 Å². The lowest BCUT2D eigenvalue weighted by Crippen LogP contribution is -2.49. The molecule has 1 unspecified atom stereocenters. The predicted molar refractivity (Wildman–Crippen MR) is 128 cm³/mol. The molecule has 1 aromatic carbocycles. The summed E-state index contributed by atoms with van der Waals surface area (Å²) < 4.78 is 0. The van der Waals surface area contributed by atoms with E-state index >= 15 is 0 Å². The average molecular weight is 450 g/mol. The molecule has 2 saturated heterocycles. The van der Waals surface area contributed by atoms with Crippen molar-refractivity contribution in [2.24, 2.45) is 11.3 Å². The van der Waals surface area contributed by atoms with Gasteiger partial charge in [-0.2, -0.15) is 0 Å². The van der Waals surface area contributed by atoms with Crippen molar-refractivity contribution in [3.8, 4) is 0 Å². The zero-order chi connectivity index (χ0) is 22.0. The van der Waals surface area contributed by atoms with Crippen LogP contribution < -0.4 is 0 Å². The van der Waals surface area contributed by atoms with Crippen LogP contribution in [0.4, 0.5) is 0 Å². The maximum atomic E-state index is 13.2. The first-order valence-electron chi connectivity index (χ1n) is 11.7. The Hall–Kier alpha value is -2.44. The highest BCUT2D eigenvalue weighted by Crippen LogP contribution is 2.60. The summed E-state index contributed by atoms with van der Waals surface area (Å²) in [6.07, 6.45) is 7.32. The fourth-order valence-corrected chi connectivity index (χ4v) is 5.92. The number of piperidine rings is 1. The molecule has 3 heterocycles. The first-order valence-corrected chi connectivity index (χ1v) is 12.6. The average Bonchev–Trinajstić information content (AvgIpc) is 3.26. The van der Waals surface area contributed by atoms with Gasteiger partial charge in [0.25, 0.3) is 5.91 Å². The van der Waals surface area contributed by atoms with E-state index in [2.05, 4.69) is 46.2 Å². The van der Waals surface area contributed by atoms with Crippen LogP contribution in [-0.2, 0) is 4.79 Å². The number of piperazine rings is 1. The monoisotopic (exact) mass is 449 g/mol. The fraction of sp³-hybridized carbons (Fsp3) is 0.462. The molecule has 2 aliphatic heterocycles. The number of carbonyl (C=O) groups excluding carboxylic acids is 2. The summed E-state index contributed by atoms with van der Waals surface area (Å²) in [5.41, 5.74) is 1.38. The van der Waals surface area contributed by atoms with Gasteiger partial charge < -0.3 is 9.80 Å². The highest BCUT2D eigenvalue weighted by atomic mass is 32.1. The van der Waals surface area contributed by atoms with Gasteiger partial charge in [-0.05, 0) is 41.7 Å². The zero-order valence-electron chi connectivity index (χ0n) is 18.5. The van der Waals surface area contributed by atoms with E-state index in [0.717, 1.165) is 70.0 Å². The molecule has 1 atom stereocenters. The van der Waals surface area contributed by atoms with Crippen LogP contribution in [0.1, 0.15) is 34.5 Å². The van der Waals surface area contributed by atoms with Gasteiger partial charge in [0.05, 0.1) is 4.88 Å². The van der Waals surface area contributed by atoms with E-state index in [1.807, 2.05) is 28.5 Å². The van der Waals surface area contributed by atoms with Gasteiger partial charge >= 0.3 is 0 Å². The number of likely N-dealkylation sites (tertiary alicyclic amines) is 1. The lowest BCUT2D eigenvalue weighted by Gasteiger charge is -2.36. The highest BCUT2D eigenvalue weighted by molar-refractivity contribution is 7.12. The standard InChI is InChI=1S/C26H31N3O2S/c30-24(29-17-15-27(16-18-29)12-4-8-21-6-2-1-3-7-21)22-20-26(22)10-13-28(14-11-26)25(31)23-9-5-19-32-23/h1-9,19,22H,10-18,20H2. The number of rotatable bonds is 5. The van der Waals surface area contributed by atoms with Crippen LogP contribution in [0.25, 0.3) is 6.08 Å². The number of hydrogen-bond acceptors (Lipinski definition) is 4. The number of carbonyl (C=O) groups is 2. The molecule has 6 heteroatoms. The van der Waals surface area contributed by atoms with Gasteiger partial charge in [-0.25, -0.2) is 0 Å². The van der Waals surface area contributed by atoms with Gasteiger partial charge in [-0.15, -0.1) is 11.3 Å². The lowest BCUT2D eigenvalue weighted by atomic mass is 9.90. The van der Waals surface area contributed by atoms with Gasteiger partial charge in [0.2, 0.25) is 5.91 Å². The van der Waals surface area contributed by atoms with Crippen LogP contribution in [0, 0.1) is 11.3 Å². The highest BCUT2D eigenvalue weighted by Gasteiger charge is 2.59. The molecule has 1 aliphatic carbocycles. The van der Waals surface area contributed by atoms with Crippen molar-refractivity contribution in [3.63, 3.8) is 0 Å². The number of thiophene rings is 1. The summed E-state index contributed by atoms with van der Waals surface area (Å²) >= 11 is 1.51. The SMILES string of the molecule is O=C(c1cccs1)N1CCC2(CC1)CC2C(=O)N1CCN(CC=Cc2ccccc2)CC1. The minimum Gasteiger partial charge on any atom is -0.340 e. The molecule has 32 heavy (non-hydrogen) atoms. The van der Waals surface area contributed by atoms with E-state index < -0.39 is 0 Å². The van der Waals surface area contributed by atoms with Crippen molar-refractivity contribution < 1.29 is 9.59 Å². The third-order valence-electron chi connectivity index (χ3n) is 7.42. The molecule has 0 radical (unpaired) electrons. The van der Waals surface area contributed by atoms with E-state index in [1.54, 1.807) is 0 Å². The van der Waals surface area contributed by atoms with Crippen LogP contribution in [0.2, 0.25) is 0 Å². The third-order valence-corrected chi connectivity index (χ3v) is 8.28. The third kappa shape index (κ3) is 4.52. The molecule has 5 rings (SSSR count). The van der Waals surface area contributed by atoms with Crippen LogP contribution in [0.15, 0.2) is 53.9 Å². The second-order valence-electron chi connectivity index (χ2n) is 9.33. The van der Waals surface area contributed by atoms with Crippen LogP contribution in [0.5, 0.6) is 0 Å². The van der Waals surface area contributed by atoms with Gasteiger partial charge in [0, 0.05) is 51.7 Å². The molecule has 0 bridgehead atoms. The van der Waals surface area contributed by atoms with Gasteiger partial charge in [-0.3, -0.25) is 14.5 Å².